The van der Waals surface area contributed by atoms with Gasteiger partial charge in [0.1, 0.15) is 5.82 Å². The summed E-state index contributed by atoms with van der Waals surface area (Å²) in [4.78, 5) is 14.2. The number of carbonyl (C=O) groups is 1. The fourth-order valence-corrected chi connectivity index (χ4v) is 3.38. The van der Waals surface area contributed by atoms with Crippen molar-refractivity contribution < 1.29 is 22.4 Å². The van der Waals surface area contributed by atoms with Crippen molar-refractivity contribution in [1.29, 1.82) is 0 Å². The molecule has 0 atom stereocenters. The minimum Gasteiger partial charge on any atom is -0.383 e. The van der Waals surface area contributed by atoms with Gasteiger partial charge < -0.3 is 20.9 Å². The highest BCUT2D eigenvalue weighted by atomic mass is 19.4. The molecule has 9 heteroatoms. The van der Waals surface area contributed by atoms with Crippen molar-refractivity contribution in [3.63, 3.8) is 0 Å². The zero-order chi connectivity index (χ0) is 22.6. The van der Waals surface area contributed by atoms with Gasteiger partial charge in [0.05, 0.1) is 16.8 Å². The lowest BCUT2D eigenvalue weighted by Crippen LogP contribution is -2.29. The zero-order valence-electron chi connectivity index (χ0n) is 17.2. The summed E-state index contributed by atoms with van der Waals surface area (Å²) < 4.78 is 54.1. The second-order valence-electron chi connectivity index (χ2n) is 7.06. The summed E-state index contributed by atoms with van der Waals surface area (Å²) in [5, 5.41) is 8.15. The number of fused-ring (bicyclic) bond motifs is 1. The molecule has 0 radical (unpaired) electrons. The van der Waals surface area contributed by atoms with Gasteiger partial charge in [-0.2, -0.15) is 13.2 Å². The summed E-state index contributed by atoms with van der Waals surface area (Å²) >= 11 is 0. The van der Waals surface area contributed by atoms with E-state index >= 15 is 0 Å². The molecule has 0 aromatic heterocycles. The molecule has 2 aromatic rings. The number of rotatable bonds is 8. The van der Waals surface area contributed by atoms with E-state index in [1.54, 1.807) is 0 Å². The van der Waals surface area contributed by atoms with Crippen LogP contribution < -0.4 is 16.0 Å². The van der Waals surface area contributed by atoms with E-state index in [4.69, 9.17) is 0 Å². The largest absolute Gasteiger partial charge is 0.418 e. The predicted octanol–water partition coefficient (Wildman–Crippen LogP) is 5.00. The molecule has 0 spiro atoms. The Kier molecular flexibility index (Phi) is 6.84. The third-order valence-electron chi connectivity index (χ3n) is 5.11. The van der Waals surface area contributed by atoms with Gasteiger partial charge in [-0.25, -0.2) is 4.39 Å². The number of hydrogen-bond acceptors (Lipinski definition) is 4. The van der Waals surface area contributed by atoms with Crippen LogP contribution in [0.4, 0.5) is 34.6 Å². The van der Waals surface area contributed by atoms with Gasteiger partial charge in [0.25, 0.3) is 5.91 Å². The van der Waals surface area contributed by atoms with E-state index < -0.39 is 23.5 Å². The van der Waals surface area contributed by atoms with E-state index in [-0.39, 0.29) is 16.9 Å². The van der Waals surface area contributed by atoms with Gasteiger partial charge in [-0.05, 0) is 49.5 Å². The molecule has 1 amide bonds. The number of halogens is 4. The van der Waals surface area contributed by atoms with E-state index in [9.17, 15) is 22.4 Å². The van der Waals surface area contributed by atoms with Crippen molar-refractivity contribution >= 4 is 28.5 Å². The van der Waals surface area contributed by atoms with E-state index in [1.165, 1.54) is 36.5 Å². The number of likely N-dealkylation sites (N-methyl/N-ethyl adjacent to an activating group) is 1. The average Bonchev–Trinajstić information content (AvgIpc) is 3.03. The van der Waals surface area contributed by atoms with Crippen LogP contribution in [0.15, 0.2) is 42.6 Å². The Morgan fingerprint density at radius 2 is 1.84 bits per heavy atom. The smallest absolute Gasteiger partial charge is 0.383 e. The third kappa shape index (κ3) is 5.35. The first-order valence-corrected chi connectivity index (χ1v) is 9.98. The number of nitrogens with zero attached hydrogens (tertiary/aromatic N) is 1. The first kappa shape index (κ1) is 22.6. The maximum atomic E-state index is 13.6. The van der Waals surface area contributed by atoms with Crippen molar-refractivity contribution in [2.75, 3.05) is 42.1 Å². The quantitative estimate of drug-likeness (QED) is 0.403. The number of amides is 1. The van der Waals surface area contributed by atoms with Crippen LogP contribution in [-0.4, -0.2) is 37.0 Å². The van der Waals surface area contributed by atoms with Gasteiger partial charge in [-0.15, -0.1) is 0 Å². The fraction of sp³-hybridized carbons (Fsp3) is 0.318. The Morgan fingerprint density at radius 3 is 2.52 bits per heavy atom. The number of benzene rings is 2. The van der Waals surface area contributed by atoms with E-state index in [1.807, 2.05) is 13.8 Å². The van der Waals surface area contributed by atoms with Crippen LogP contribution in [0.2, 0.25) is 0 Å². The summed E-state index contributed by atoms with van der Waals surface area (Å²) in [6.07, 6.45) is -3.22. The van der Waals surface area contributed by atoms with Gasteiger partial charge in [0.2, 0.25) is 0 Å². The van der Waals surface area contributed by atoms with Crippen molar-refractivity contribution in [2.24, 2.45) is 0 Å². The molecule has 1 aliphatic rings. The summed E-state index contributed by atoms with van der Waals surface area (Å²) in [5.74, 6) is -0.953. The summed E-state index contributed by atoms with van der Waals surface area (Å²) in [6, 6.07) is 7.71. The number of alkyl halides is 3. The molecule has 3 rings (SSSR count). The Bertz CT molecular complexity index is 984. The minimum absolute atomic E-state index is 0.00251. The van der Waals surface area contributed by atoms with E-state index in [0.717, 1.165) is 19.2 Å². The molecule has 0 fully saturated rings. The highest BCUT2D eigenvalue weighted by Crippen LogP contribution is 2.37. The molecule has 1 heterocycles. The first-order valence-electron chi connectivity index (χ1n) is 9.98. The van der Waals surface area contributed by atoms with Gasteiger partial charge in [-0.3, -0.25) is 4.79 Å². The summed E-state index contributed by atoms with van der Waals surface area (Å²) in [7, 11) is 0. The molecular weight excluding hydrogens is 412 g/mol. The van der Waals surface area contributed by atoms with Crippen molar-refractivity contribution in [3.05, 3.63) is 59.5 Å². The molecule has 0 bridgehead atoms. The second-order valence-corrected chi connectivity index (χ2v) is 7.06. The predicted molar refractivity (Wildman–Crippen MR) is 114 cm³/mol. The number of hydrogen-bond donors (Lipinski definition) is 3. The molecule has 166 valence electrons. The Hall–Kier alpha value is -3.07. The van der Waals surface area contributed by atoms with Crippen LogP contribution in [0.25, 0.3) is 5.57 Å². The second kappa shape index (κ2) is 9.38. The highest BCUT2D eigenvalue weighted by Gasteiger charge is 2.34. The van der Waals surface area contributed by atoms with E-state index in [0.29, 0.717) is 24.3 Å². The minimum atomic E-state index is -4.54. The lowest BCUT2D eigenvalue weighted by molar-refractivity contribution is -0.136. The highest BCUT2D eigenvalue weighted by molar-refractivity contribution is 6.31. The summed E-state index contributed by atoms with van der Waals surface area (Å²) in [5.41, 5.74) is 0.389. The number of carbonyl (C=O) groups excluding carboxylic acids is 1. The monoisotopic (exact) mass is 436 g/mol. The fourth-order valence-electron chi connectivity index (χ4n) is 3.38. The Balaban J connectivity index is 1.79. The maximum Gasteiger partial charge on any atom is 0.418 e. The molecular formula is C22H24F4N4O. The van der Waals surface area contributed by atoms with Crippen molar-refractivity contribution in [1.82, 2.24) is 4.90 Å². The molecule has 3 N–H and O–H groups in total. The van der Waals surface area contributed by atoms with Gasteiger partial charge in [0, 0.05) is 36.2 Å². The number of nitrogens with one attached hydrogen (secondary N) is 3. The molecule has 0 aliphatic carbocycles. The van der Waals surface area contributed by atoms with Gasteiger partial charge in [0.15, 0.2) is 0 Å². The molecule has 2 aromatic carbocycles. The van der Waals surface area contributed by atoms with E-state index in [2.05, 4.69) is 20.9 Å². The zero-order valence-corrected chi connectivity index (χ0v) is 17.2. The molecule has 0 unspecified atom stereocenters. The lowest BCUT2D eigenvalue weighted by Gasteiger charge is -2.20. The van der Waals surface area contributed by atoms with Gasteiger partial charge >= 0.3 is 6.18 Å². The topological polar surface area (TPSA) is 56.4 Å². The SMILES string of the molecule is CCN(CC)CCNc1ccc(NC=C2C(=O)Nc3cc(F)ccc32)cc1C(F)(F)F. The molecule has 5 nitrogen and oxygen atoms in total. The molecule has 0 saturated carbocycles. The summed E-state index contributed by atoms with van der Waals surface area (Å²) in [6.45, 7) is 6.66. The van der Waals surface area contributed by atoms with Crippen LogP contribution in [0, 0.1) is 5.82 Å². The van der Waals surface area contributed by atoms with Crippen molar-refractivity contribution in [3.8, 4) is 0 Å². The Labute approximate surface area is 178 Å². The standard InChI is InChI=1S/C22H24F4N4O/c1-3-30(4-2)10-9-27-19-8-6-15(12-18(19)22(24,25)26)28-13-17-16-7-5-14(23)11-20(16)29-21(17)31/h5-8,11-13,27-28H,3-4,9-10H2,1-2H3,(H,29,31). The van der Waals surface area contributed by atoms with Crippen LogP contribution >= 0.6 is 0 Å². The average molecular weight is 436 g/mol. The molecule has 31 heavy (non-hydrogen) atoms. The van der Waals surface area contributed by atoms with Crippen molar-refractivity contribution in [2.45, 2.75) is 20.0 Å². The normalized spacial score (nSPS) is 14.7. The lowest BCUT2D eigenvalue weighted by atomic mass is 10.1. The van der Waals surface area contributed by atoms with Crippen LogP contribution in [0.1, 0.15) is 25.0 Å². The number of anilines is 3. The first-order chi connectivity index (χ1) is 14.7. The molecule has 0 saturated heterocycles. The van der Waals surface area contributed by atoms with Gasteiger partial charge in [-0.1, -0.05) is 13.8 Å². The van der Waals surface area contributed by atoms with Crippen LogP contribution in [0.5, 0.6) is 0 Å². The Morgan fingerprint density at radius 1 is 1.10 bits per heavy atom. The maximum absolute atomic E-state index is 13.6. The third-order valence-corrected chi connectivity index (χ3v) is 5.11. The van der Waals surface area contributed by atoms with Crippen LogP contribution in [-0.2, 0) is 11.0 Å². The van der Waals surface area contributed by atoms with Crippen LogP contribution in [0.3, 0.4) is 0 Å². The molecule has 1 aliphatic heterocycles.